The van der Waals surface area contributed by atoms with Crippen molar-refractivity contribution in [2.75, 3.05) is 27.3 Å². The molecule has 6 nitrogen and oxygen atoms in total. The second-order valence-electron chi connectivity index (χ2n) is 7.71. The van der Waals surface area contributed by atoms with E-state index in [1.165, 1.54) is 39.9 Å². The van der Waals surface area contributed by atoms with Gasteiger partial charge in [0.1, 0.15) is 0 Å². The number of carbonyl (C=O) groups is 2. The van der Waals surface area contributed by atoms with Crippen molar-refractivity contribution in [1.82, 2.24) is 0 Å². The van der Waals surface area contributed by atoms with Gasteiger partial charge < -0.3 is 20.9 Å². The molecule has 0 radical (unpaired) electrons. The highest BCUT2D eigenvalue weighted by molar-refractivity contribution is 5.85. The summed E-state index contributed by atoms with van der Waals surface area (Å²) in [6.07, 6.45) is 4.92. The van der Waals surface area contributed by atoms with Crippen molar-refractivity contribution in [3.63, 3.8) is 0 Å². The van der Waals surface area contributed by atoms with Gasteiger partial charge in [-0.3, -0.25) is 9.59 Å². The minimum absolute atomic E-state index is 0. The molecule has 152 valence electrons. The molecule has 4 rings (SSSR count). The number of rotatable bonds is 4. The molecule has 4 saturated carbocycles. The fourth-order valence-electron chi connectivity index (χ4n) is 5.55. The van der Waals surface area contributed by atoms with Crippen LogP contribution in [-0.4, -0.2) is 39.2 Å². The number of methoxy groups -OCH3 is 2. The average Bonchev–Trinajstić information content (AvgIpc) is 2.56. The van der Waals surface area contributed by atoms with Gasteiger partial charge in [-0.25, -0.2) is 0 Å². The van der Waals surface area contributed by atoms with Crippen LogP contribution in [0.25, 0.3) is 0 Å². The molecule has 0 aromatic rings. The zero-order valence-corrected chi connectivity index (χ0v) is 17.1. The van der Waals surface area contributed by atoms with Crippen molar-refractivity contribution in [2.24, 2.45) is 58.8 Å². The van der Waals surface area contributed by atoms with Gasteiger partial charge in [0.25, 0.3) is 0 Å². The normalized spacial score (nSPS) is 40.5. The Kier molecular flexibility index (Phi) is 8.65. The van der Waals surface area contributed by atoms with Gasteiger partial charge in [-0.15, -0.1) is 24.8 Å². The molecule has 8 atom stereocenters. The van der Waals surface area contributed by atoms with Crippen LogP contribution in [0.2, 0.25) is 0 Å². The molecule has 0 amide bonds. The fraction of sp³-hybridized carbons (Fsp3) is 0.889. The van der Waals surface area contributed by atoms with Crippen molar-refractivity contribution in [1.29, 1.82) is 0 Å². The van der Waals surface area contributed by atoms with Gasteiger partial charge in [0.05, 0.1) is 26.1 Å². The van der Waals surface area contributed by atoms with E-state index in [-0.39, 0.29) is 48.6 Å². The first-order valence-electron chi connectivity index (χ1n) is 9.14. The van der Waals surface area contributed by atoms with E-state index < -0.39 is 0 Å². The zero-order valence-electron chi connectivity index (χ0n) is 15.5. The number of carbonyl (C=O) groups excluding carboxylic acids is 2. The minimum Gasteiger partial charge on any atom is -0.469 e. The van der Waals surface area contributed by atoms with Crippen molar-refractivity contribution in [3.05, 3.63) is 0 Å². The summed E-state index contributed by atoms with van der Waals surface area (Å²) in [4.78, 5) is 22.6. The van der Waals surface area contributed by atoms with Gasteiger partial charge in [-0.2, -0.15) is 0 Å². The zero-order chi connectivity index (χ0) is 17.4. The lowest BCUT2D eigenvalue weighted by molar-refractivity contribution is -0.175. The maximum atomic E-state index is 11.3. The van der Waals surface area contributed by atoms with E-state index in [0.29, 0.717) is 36.8 Å². The maximum Gasteiger partial charge on any atom is 0.309 e. The summed E-state index contributed by atoms with van der Waals surface area (Å²) in [6.45, 7) is 1.28. The van der Waals surface area contributed by atoms with Crippen molar-refractivity contribution < 1.29 is 19.1 Å². The molecule has 0 aromatic heterocycles. The van der Waals surface area contributed by atoms with Gasteiger partial charge in [0, 0.05) is 0 Å². The van der Waals surface area contributed by atoms with Crippen molar-refractivity contribution in [2.45, 2.75) is 25.7 Å². The van der Waals surface area contributed by atoms with Crippen LogP contribution in [0, 0.1) is 47.3 Å². The third-order valence-electron chi connectivity index (χ3n) is 7.20. The third kappa shape index (κ3) is 3.58. The fourth-order valence-corrected chi connectivity index (χ4v) is 5.55. The Morgan fingerprint density at radius 1 is 0.731 bits per heavy atom. The molecule has 0 aromatic carbocycles. The summed E-state index contributed by atoms with van der Waals surface area (Å²) in [6, 6.07) is 0. The molecular formula is C18H32Cl2N2O4. The van der Waals surface area contributed by atoms with E-state index in [2.05, 4.69) is 0 Å². The van der Waals surface area contributed by atoms with Crippen LogP contribution in [0.1, 0.15) is 25.7 Å². The second kappa shape index (κ2) is 9.58. The maximum absolute atomic E-state index is 11.3. The summed E-state index contributed by atoms with van der Waals surface area (Å²) in [7, 11) is 2.92. The van der Waals surface area contributed by atoms with Crippen LogP contribution in [0.5, 0.6) is 0 Å². The Balaban J connectivity index is 0.000000241. The molecule has 0 aliphatic heterocycles. The molecule has 0 saturated heterocycles. The van der Waals surface area contributed by atoms with Crippen molar-refractivity contribution in [3.8, 4) is 0 Å². The van der Waals surface area contributed by atoms with E-state index in [1.54, 1.807) is 0 Å². The van der Waals surface area contributed by atoms with Gasteiger partial charge in [0.15, 0.2) is 0 Å². The molecule has 26 heavy (non-hydrogen) atoms. The quantitative estimate of drug-likeness (QED) is 0.682. The molecule has 0 spiro atoms. The molecular weight excluding hydrogens is 379 g/mol. The van der Waals surface area contributed by atoms with Crippen molar-refractivity contribution >= 4 is 36.8 Å². The van der Waals surface area contributed by atoms with Crippen LogP contribution in [0.4, 0.5) is 0 Å². The number of halogens is 2. The Labute approximate surface area is 167 Å². The number of esters is 2. The molecule has 0 bridgehead atoms. The number of nitrogens with two attached hydrogens (primary N) is 2. The monoisotopic (exact) mass is 410 g/mol. The summed E-state index contributed by atoms with van der Waals surface area (Å²) < 4.78 is 9.49. The SMILES string of the molecule is COC(=O)[C@@H]1[C@H](CN)[C@H]2CC[C@H]21.COC(=O)[C@H]1[C@@H](CN)[C@@H]2CC[C@@H]21.Cl.Cl. The highest BCUT2D eigenvalue weighted by Gasteiger charge is 2.58. The minimum atomic E-state index is -0.0496. The highest BCUT2D eigenvalue weighted by Crippen LogP contribution is 2.59. The van der Waals surface area contributed by atoms with Gasteiger partial charge in [0.2, 0.25) is 0 Å². The van der Waals surface area contributed by atoms with Crippen LogP contribution >= 0.6 is 24.8 Å². The smallest absolute Gasteiger partial charge is 0.309 e. The molecule has 0 heterocycles. The molecule has 0 unspecified atom stereocenters. The largest absolute Gasteiger partial charge is 0.469 e. The summed E-state index contributed by atoms with van der Waals surface area (Å²) in [5, 5.41) is 0. The van der Waals surface area contributed by atoms with E-state index in [1.807, 2.05) is 0 Å². The molecule has 4 N–H and O–H groups in total. The Bertz CT molecular complexity index is 464. The first kappa shape index (κ1) is 23.5. The average molecular weight is 411 g/mol. The van der Waals surface area contributed by atoms with Crippen LogP contribution in [0.3, 0.4) is 0 Å². The third-order valence-corrected chi connectivity index (χ3v) is 7.20. The molecule has 4 aliphatic carbocycles. The number of fused-ring (bicyclic) bond motifs is 2. The number of hydrogen-bond acceptors (Lipinski definition) is 6. The topological polar surface area (TPSA) is 105 Å². The second-order valence-corrected chi connectivity index (χ2v) is 7.71. The van der Waals surface area contributed by atoms with Crippen LogP contribution in [-0.2, 0) is 19.1 Å². The lowest BCUT2D eigenvalue weighted by Gasteiger charge is -2.57. The van der Waals surface area contributed by atoms with E-state index in [9.17, 15) is 9.59 Å². The lowest BCUT2D eigenvalue weighted by Crippen LogP contribution is -2.58. The van der Waals surface area contributed by atoms with E-state index in [0.717, 1.165) is 11.8 Å². The van der Waals surface area contributed by atoms with Gasteiger partial charge >= 0.3 is 11.9 Å². The molecule has 8 heteroatoms. The van der Waals surface area contributed by atoms with Crippen LogP contribution < -0.4 is 11.5 Å². The van der Waals surface area contributed by atoms with E-state index in [4.69, 9.17) is 20.9 Å². The van der Waals surface area contributed by atoms with E-state index >= 15 is 0 Å². The Hall–Kier alpha value is -0.560. The Morgan fingerprint density at radius 3 is 1.23 bits per heavy atom. The van der Waals surface area contributed by atoms with Crippen LogP contribution in [0.15, 0.2) is 0 Å². The first-order chi connectivity index (χ1) is 11.6. The molecule has 4 fully saturated rings. The predicted molar refractivity (Wildman–Crippen MR) is 103 cm³/mol. The number of ether oxygens (including phenoxy) is 2. The number of hydrogen-bond donors (Lipinski definition) is 2. The highest BCUT2D eigenvalue weighted by atomic mass is 35.5. The summed E-state index contributed by atoms with van der Waals surface area (Å²) >= 11 is 0. The standard InChI is InChI=1S/2C9H15NO2.2ClH/c2*1-12-9(11)8-6-3-2-5(6)7(8)4-10;;/h2*5-8H,2-4,10H2,1H3;2*1H/t2*5-,6+,7+,8-;;/m10../s1. The van der Waals surface area contributed by atoms with Gasteiger partial charge in [-0.1, -0.05) is 0 Å². The summed E-state index contributed by atoms with van der Waals surface area (Å²) in [5.74, 6) is 3.65. The summed E-state index contributed by atoms with van der Waals surface area (Å²) in [5.41, 5.74) is 11.2. The predicted octanol–water partition coefficient (Wildman–Crippen LogP) is 1.62. The Morgan fingerprint density at radius 2 is 1.04 bits per heavy atom. The first-order valence-corrected chi connectivity index (χ1v) is 9.14. The molecule has 4 aliphatic rings. The lowest BCUT2D eigenvalue weighted by atomic mass is 9.47. The van der Waals surface area contributed by atoms with Gasteiger partial charge in [-0.05, 0) is 74.3 Å².